The van der Waals surface area contributed by atoms with E-state index in [9.17, 15) is 22.4 Å². The lowest BCUT2D eigenvalue weighted by atomic mass is 10.1. The number of benzene rings is 3. The van der Waals surface area contributed by atoms with Crippen LogP contribution in [0.3, 0.4) is 0 Å². The number of ether oxygens (including phenoxy) is 1. The summed E-state index contributed by atoms with van der Waals surface area (Å²) in [6, 6.07) is 22.0. The van der Waals surface area contributed by atoms with E-state index in [4.69, 9.17) is 4.74 Å². The van der Waals surface area contributed by atoms with Crippen molar-refractivity contribution < 1.29 is 27.1 Å². The Hall–Kier alpha value is -3.56. The van der Waals surface area contributed by atoms with Crippen molar-refractivity contribution in [3.8, 4) is 0 Å². The van der Waals surface area contributed by atoms with Gasteiger partial charge >= 0.3 is 5.97 Å². The van der Waals surface area contributed by atoms with Crippen molar-refractivity contribution >= 4 is 21.9 Å². The monoisotopic (exact) mass is 524 g/mol. The number of nitrogens with zero attached hydrogens (tertiary/aromatic N) is 1. The molecule has 0 bridgehead atoms. The van der Waals surface area contributed by atoms with Crippen molar-refractivity contribution in [3.63, 3.8) is 0 Å². The van der Waals surface area contributed by atoms with Gasteiger partial charge in [0.15, 0.2) is 0 Å². The van der Waals surface area contributed by atoms with Gasteiger partial charge in [0, 0.05) is 19.4 Å². The van der Waals surface area contributed by atoms with E-state index in [-0.39, 0.29) is 24.3 Å². The molecule has 1 saturated heterocycles. The Kier molecular flexibility index (Phi) is 8.35. The molecule has 37 heavy (non-hydrogen) atoms. The van der Waals surface area contributed by atoms with E-state index < -0.39 is 46.7 Å². The number of sulfonamides is 1. The van der Waals surface area contributed by atoms with E-state index >= 15 is 0 Å². The normalized spacial score (nSPS) is 18.8. The van der Waals surface area contributed by atoms with Gasteiger partial charge in [-0.2, -0.15) is 4.31 Å². The third-order valence-corrected chi connectivity index (χ3v) is 8.13. The fraction of sp³-hybridized carbons (Fsp3) is 0.286. The molecule has 0 aromatic heterocycles. The number of halogens is 1. The molecule has 3 aromatic rings. The highest BCUT2D eigenvalue weighted by Gasteiger charge is 2.45. The van der Waals surface area contributed by atoms with E-state index in [1.165, 1.54) is 12.1 Å². The van der Waals surface area contributed by atoms with Gasteiger partial charge in [-0.25, -0.2) is 17.6 Å². The number of alkyl halides is 1. The molecule has 4 rings (SSSR count). The molecule has 9 heteroatoms. The van der Waals surface area contributed by atoms with Crippen molar-refractivity contribution in [2.24, 2.45) is 0 Å². The Labute approximate surface area is 216 Å². The fourth-order valence-electron chi connectivity index (χ4n) is 4.25. The molecule has 3 aromatic carbocycles. The molecular weight excluding hydrogens is 495 g/mol. The first kappa shape index (κ1) is 26.5. The summed E-state index contributed by atoms with van der Waals surface area (Å²) in [5, 5.41) is 2.64. The van der Waals surface area contributed by atoms with Crippen LogP contribution in [0.25, 0.3) is 0 Å². The lowest BCUT2D eigenvalue weighted by Gasteiger charge is -2.25. The van der Waals surface area contributed by atoms with E-state index in [1.54, 1.807) is 12.1 Å². The molecule has 0 radical (unpaired) electrons. The SMILES string of the molecule is Cc1ccc(S(=O)(=O)N2C[C@@H](F)C[C@H]2C(=O)N[C@@H](Cc2ccccc2)C(=O)OCc2ccccc2)cc1. The average Bonchev–Trinajstić information content (AvgIpc) is 3.31. The second-order valence-corrected chi connectivity index (χ2v) is 11.0. The summed E-state index contributed by atoms with van der Waals surface area (Å²) in [5.74, 6) is -1.41. The fourth-order valence-corrected chi connectivity index (χ4v) is 5.87. The smallest absolute Gasteiger partial charge is 0.329 e. The van der Waals surface area contributed by atoms with Gasteiger partial charge in [-0.15, -0.1) is 0 Å². The highest BCUT2D eigenvalue weighted by Crippen LogP contribution is 2.28. The zero-order chi connectivity index (χ0) is 26.4. The second-order valence-electron chi connectivity index (χ2n) is 9.08. The first-order valence-corrected chi connectivity index (χ1v) is 13.5. The van der Waals surface area contributed by atoms with Crippen molar-refractivity contribution in [2.45, 2.75) is 49.5 Å². The Morgan fingerprint density at radius 3 is 2.19 bits per heavy atom. The summed E-state index contributed by atoms with van der Waals surface area (Å²) in [6.07, 6.45) is -1.67. The predicted molar refractivity (Wildman–Crippen MR) is 137 cm³/mol. The summed E-state index contributed by atoms with van der Waals surface area (Å²) in [7, 11) is -4.13. The molecule has 0 aliphatic carbocycles. The number of rotatable bonds is 9. The first-order chi connectivity index (χ1) is 17.7. The highest BCUT2D eigenvalue weighted by atomic mass is 32.2. The molecule has 1 aliphatic heterocycles. The molecule has 194 valence electrons. The number of amides is 1. The predicted octanol–water partition coefficient (Wildman–Crippen LogP) is 3.57. The van der Waals surface area contributed by atoms with Crippen LogP contribution in [0.2, 0.25) is 0 Å². The van der Waals surface area contributed by atoms with Gasteiger partial charge in [0.1, 0.15) is 24.9 Å². The van der Waals surface area contributed by atoms with E-state index in [0.717, 1.165) is 21.0 Å². The van der Waals surface area contributed by atoms with Crippen LogP contribution in [0.5, 0.6) is 0 Å². The maximum Gasteiger partial charge on any atom is 0.329 e. The number of carbonyl (C=O) groups excluding carboxylic acids is 2. The molecular formula is C28H29FN2O5S. The van der Waals surface area contributed by atoms with Crippen LogP contribution in [-0.4, -0.2) is 49.4 Å². The number of carbonyl (C=O) groups is 2. The van der Waals surface area contributed by atoms with Crippen molar-refractivity contribution in [3.05, 3.63) is 102 Å². The quantitative estimate of drug-likeness (QED) is 0.432. The largest absolute Gasteiger partial charge is 0.459 e. The zero-order valence-electron chi connectivity index (χ0n) is 20.4. The summed E-state index contributed by atoms with van der Waals surface area (Å²) in [5.41, 5.74) is 2.44. The Balaban J connectivity index is 1.53. The van der Waals surface area contributed by atoms with Crippen LogP contribution in [0.1, 0.15) is 23.1 Å². The highest BCUT2D eigenvalue weighted by molar-refractivity contribution is 7.89. The number of aryl methyl sites for hydroxylation is 1. The van der Waals surface area contributed by atoms with Crippen LogP contribution < -0.4 is 5.32 Å². The molecule has 1 fully saturated rings. The minimum Gasteiger partial charge on any atom is -0.459 e. The standard InChI is InChI=1S/C28H29FN2O5S/c1-20-12-14-24(15-13-20)37(34,35)31-18-23(29)17-26(31)27(32)30-25(16-21-8-4-2-5-9-21)28(33)36-19-22-10-6-3-7-11-22/h2-15,23,25-26H,16-19H2,1H3,(H,30,32)/t23-,25-,26-/m0/s1. The van der Waals surface area contributed by atoms with E-state index in [1.807, 2.05) is 67.6 Å². The lowest BCUT2D eigenvalue weighted by molar-refractivity contribution is -0.149. The van der Waals surface area contributed by atoms with E-state index in [0.29, 0.717) is 0 Å². The molecule has 0 spiro atoms. The molecule has 7 nitrogen and oxygen atoms in total. The molecule has 1 N–H and O–H groups in total. The molecule has 1 amide bonds. The molecule has 0 saturated carbocycles. The van der Waals surface area contributed by atoms with Gasteiger partial charge in [-0.1, -0.05) is 78.4 Å². The molecule has 1 heterocycles. The third-order valence-electron chi connectivity index (χ3n) is 6.24. The van der Waals surface area contributed by atoms with Crippen LogP contribution in [0.4, 0.5) is 4.39 Å². The molecule has 0 unspecified atom stereocenters. The second kappa shape index (κ2) is 11.7. The van der Waals surface area contributed by atoms with Gasteiger partial charge in [0.05, 0.1) is 4.90 Å². The van der Waals surface area contributed by atoms with Gasteiger partial charge in [-0.05, 0) is 30.2 Å². The number of esters is 1. The molecule has 3 atom stereocenters. The van der Waals surface area contributed by atoms with Crippen molar-refractivity contribution in [1.29, 1.82) is 0 Å². The van der Waals surface area contributed by atoms with Gasteiger partial charge in [0.25, 0.3) is 0 Å². The summed E-state index contributed by atoms with van der Waals surface area (Å²) in [4.78, 5) is 26.3. The van der Waals surface area contributed by atoms with Crippen LogP contribution in [0.15, 0.2) is 89.8 Å². The summed E-state index contributed by atoms with van der Waals surface area (Å²) in [6.45, 7) is 1.41. The number of hydrogen-bond acceptors (Lipinski definition) is 5. The number of nitrogens with one attached hydrogen (secondary N) is 1. The maximum absolute atomic E-state index is 14.5. The van der Waals surface area contributed by atoms with Gasteiger partial charge in [-0.3, -0.25) is 4.79 Å². The van der Waals surface area contributed by atoms with Gasteiger partial charge < -0.3 is 10.1 Å². The minimum atomic E-state index is -4.13. The third kappa shape index (κ3) is 6.61. The maximum atomic E-state index is 14.5. The lowest BCUT2D eigenvalue weighted by Crippen LogP contribution is -2.51. The number of hydrogen-bond donors (Lipinski definition) is 1. The summed E-state index contributed by atoms with van der Waals surface area (Å²) < 4.78 is 47.3. The van der Waals surface area contributed by atoms with Crippen LogP contribution in [0, 0.1) is 6.92 Å². The Bertz CT molecular complexity index is 1320. The van der Waals surface area contributed by atoms with E-state index in [2.05, 4.69) is 5.32 Å². The van der Waals surface area contributed by atoms with Gasteiger partial charge in [0.2, 0.25) is 15.9 Å². The molecule has 1 aliphatic rings. The van der Waals surface area contributed by atoms with Crippen LogP contribution in [-0.2, 0) is 37.4 Å². The minimum absolute atomic E-state index is 0.0186. The average molecular weight is 525 g/mol. The Morgan fingerprint density at radius 1 is 0.973 bits per heavy atom. The Morgan fingerprint density at radius 2 is 1.57 bits per heavy atom. The topological polar surface area (TPSA) is 92.8 Å². The van der Waals surface area contributed by atoms with Crippen molar-refractivity contribution in [2.75, 3.05) is 6.54 Å². The zero-order valence-corrected chi connectivity index (χ0v) is 21.2. The van der Waals surface area contributed by atoms with Crippen molar-refractivity contribution in [1.82, 2.24) is 9.62 Å². The van der Waals surface area contributed by atoms with Crippen LogP contribution >= 0.6 is 0 Å². The first-order valence-electron chi connectivity index (χ1n) is 12.0. The summed E-state index contributed by atoms with van der Waals surface area (Å²) >= 11 is 0.